The van der Waals surface area contributed by atoms with E-state index in [0.717, 1.165) is 35.2 Å². The summed E-state index contributed by atoms with van der Waals surface area (Å²) in [7, 11) is -3.53. The Morgan fingerprint density at radius 1 is 0.875 bits per heavy atom. The summed E-state index contributed by atoms with van der Waals surface area (Å²) in [5, 5.41) is 3.82. The Morgan fingerprint density at radius 3 is 2.28 bits per heavy atom. The summed E-state index contributed by atoms with van der Waals surface area (Å²) in [6.45, 7) is 11.2. The van der Waals surface area contributed by atoms with Crippen LogP contribution in [0.1, 0.15) is 46.4 Å². The zero-order valence-electron chi connectivity index (χ0n) is 19.5. The number of aromatic nitrogens is 1. The molecular formula is C26H31N3O2S. The molecule has 32 heavy (non-hydrogen) atoms. The molecule has 6 heteroatoms. The molecule has 1 aromatic heterocycles. The van der Waals surface area contributed by atoms with Gasteiger partial charge in [0.1, 0.15) is 0 Å². The van der Waals surface area contributed by atoms with E-state index in [1.807, 2.05) is 32.9 Å². The minimum absolute atomic E-state index is 0.261. The SMILES string of the molecule is Cc1cc(C)c(S(=O)(=O)N2CCC3(CC2)Nc2ccc(C)c(C)c2-n2cccc23)cc1C. The van der Waals surface area contributed by atoms with Crippen LogP contribution in [-0.2, 0) is 15.6 Å². The maximum absolute atomic E-state index is 13.5. The summed E-state index contributed by atoms with van der Waals surface area (Å²) in [6.07, 6.45) is 3.59. The van der Waals surface area contributed by atoms with Crippen LogP contribution in [0.2, 0.25) is 0 Å². The number of anilines is 1. The molecule has 5 nitrogen and oxygen atoms in total. The third kappa shape index (κ3) is 3.04. The van der Waals surface area contributed by atoms with Crippen LogP contribution in [0.25, 0.3) is 5.69 Å². The van der Waals surface area contributed by atoms with Gasteiger partial charge in [-0.3, -0.25) is 0 Å². The summed E-state index contributed by atoms with van der Waals surface area (Å²) >= 11 is 0. The van der Waals surface area contributed by atoms with Crippen LogP contribution >= 0.6 is 0 Å². The summed E-state index contributed by atoms with van der Waals surface area (Å²) in [4.78, 5) is 0.438. The van der Waals surface area contributed by atoms with Gasteiger partial charge in [0, 0.05) is 25.0 Å². The van der Waals surface area contributed by atoms with E-state index in [-0.39, 0.29) is 5.54 Å². The van der Waals surface area contributed by atoms with Gasteiger partial charge in [-0.05, 0) is 99.5 Å². The number of sulfonamides is 1. The minimum atomic E-state index is -3.53. The molecule has 168 valence electrons. The van der Waals surface area contributed by atoms with Crippen molar-refractivity contribution in [2.24, 2.45) is 0 Å². The second-order valence-corrected chi connectivity index (χ2v) is 11.4. The number of aryl methyl sites for hydroxylation is 4. The summed E-state index contributed by atoms with van der Waals surface area (Å²) in [6, 6.07) is 12.4. The van der Waals surface area contributed by atoms with Crippen molar-refractivity contribution in [3.05, 3.63) is 76.1 Å². The fourth-order valence-corrected chi connectivity index (χ4v) is 7.07. The molecule has 0 amide bonds. The van der Waals surface area contributed by atoms with Crippen LogP contribution in [0.3, 0.4) is 0 Å². The molecule has 3 heterocycles. The van der Waals surface area contributed by atoms with Crippen molar-refractivity contribution in [1.29, 1.82) is 0 Å². The Morgan fingerprint density at radius 2 is 1.56 bits per heavy atom. The van der Waals surface area contributed by atoms with Crippen molar-refractivity contribution in [2.45, 2.75) is 57.9 Å². The molecule has 1 saturated heterocycles. The van der Waals surface area contributed by atoms with Crippen molar-refractivity contribution >= 4 is 15.7 Å². The van der Waals surface area contributed by atoms with Crippen LogP contribution in [-0.4, -0.2) is 30.4 Å². The number of piperidine rings is 1. The molecule has 0 aliphatic carbocycles. The second kappa shape index (κ2) is 7.22. The first-order chi connectivity index (χ1) is 15.1. The van der Waals surface area contributed by atoms with Gasteiger partial charge in [0.15, 0.2) is 0 Å². The lowest BCUT2D eigenvalue weighted by atomic mass is 9.82. The Labute approximate surface area is 191 Å². The lowest BCUT2D eigenvalue weighted by molar-refractivity contribution is 0.247. The van der Waals surface area contributed by atoms with E-state index in [4.69, 9.17) is 0 Å². The van der Waals surface area contributed by atoms with Crippen molar-refractivity contribution in [3.8, 4) is 5.69 Å². The lowest BCUT2D eigenvalue weighted by Crippen LogP contribution is -2.51. The number of hydrogen-bond donors (Lipinski definition) is 1. The summed E-state index contributed by atoms with van der Waals surface area (Å²) in [5.74, 6) is 0. The van der Waals surface area contributed by atoms with Gasteiger partial charge >= 0.3 is 0 Å². The molecule has 0 atom stereocenters. The number of fused-ring (bicyclic) bond motifs is 4. The van der Waals surface area contributed by atoms with Crippen molar-refractivity contribution < 1.29 is 8.42 Å². The number of nitrogens with one attached hydrogen (secondary N) is 1. The van der Waals surface area contributed by atoms with Gasteiger partial charge in [-0.15, -0.1) is 0 Å². The van der Waals surface area contributed by atoms with Crippen molar-refractivity contribution in [3.63, 3.8) is 0 Å². The largest absolute Gasteiger partial charge is 0.372 e. The Hall–Kier alpha value is -2.57. The second-order valence-electron chi connectivity index (χ2n) is 9.48. The van der Waals surface area contributed by atoms with Gasteiger partial charge in [0.25, 0.3) is 0 Å². The van der Waals surface area contributed by atoms with Crippen molar-refractivity contribution in [2.75, 3.05) is 18.4 Å². The molecule has 2 aromatic carbocycles. The predicted molar refractivity (Wildman–Crippen MR) is 129 cm³/mol. The molecule has 5 rings (SSSR count). The quantitative estimate of drug-likeness (QED) is 0.590. The van der Waals surface area contributed by atoms with E-state index < -0.39 is 10.0 Å². The molecule has 0 radical (unpaired) electrons. The zero-order chi connectivity index (χ0) is 22.8. The van der Waals surface area contributed by atoms with Crippen molar-refractivity contribution in [1.82, 2.24) is 8.87 Å². The highest BCUT2D eigenvalue weighted by Gasteiger charge is 2.44. The molecule has 0 saturated carbocycles. The van der Waals surface area contributed by atoms with Gasteiger partial charge < -0.3 is 9.88 Å². The third-order valence-electron chi connectivity index (χ3n) is 7.54. The third-order valence-corrected chi connectivity index (χ3v) is 9.58. The molecule has 2 aliphatic rings. The lowest BCUT2D eigenvalue weighted by Gasteiger charge is -2.46. The maximum Gasteiger partial charge on any atom is 0.243 e. The van der Waals surface area contributed by atoms with E-state index in [1.165, 1.54) is 22.5 Å². The van der Waals surface area contributed by atoms with Gasteiger partial charge in [-0.25, -0.2) is 8.42 Å². The van der Waals surface area contributed by atoms with Crippen LogP contribution in [0.15, 0.2) is 47.5 Å². The van der Waals surface area contributed by atoms with Gasteiger partial charge in [0.05, 0.1) is 21.8 Å². The number of nitrogens with zero attached hydrogens (tertiary/aromatic N) is 2. The van der Waals surface area contributed by atoms with E-state index in [1.54, 1.807) is 4.31 Å². The normalized spacial score (nSPS) is 17.7. The van der Waals surface area contributed by atoms with E-state index >= 15 is 0 Å². The first kappa shape index (κ1) is 21.3. The van der Waals surface area contributed by atoms with E-state index in [2.05, 4.69) is 54.2 Å². The average Bonchev–Trinajstić information content (AvgIpc) is 3.25. The molecule has 0 unspecified atom stereocenters. The average molecular weight is 450 g/mol. The summed E-state index contributed by atoms with van der Waals surface area (Å²) < 4.78 is 31.0. The fourth-order valence-electron chi connectivity index (χ4n) is 5.34. The first-order valence-electron chi connectivity index (χ1n) is 11.3. The Bertz CT molecular complexity index is 1330. The number of benzene rings is 2. The van der Waals surface area contributed by atoms with Crippen LogP contribution in [0.5, 0.6) is 0 Å². The van der Waals surface area contributed by atoms with E-state index in [9.17, 15) is 8.42 Å². The summed E-state index contributed by atoms with van der Waals surface area (Å²) in [5.41, 5.74) is 8.78. The molecular weight excluding hydrogens is 418 g/mol. The standard InChI is InChI=1S/C26H31N3O2S/c1-17-8-9-22-25(21(17)5)29-12-6-7-24(29)26(27-22)10-13-28(14-11-26)32(30,31)23-16-19(3)18(2)15-20(23)4/h6-9,12,15-16,27H,10-11,13-14H2,1-5H3. The first-order valence-corrected chi connectivity index (χ1v) is 12.7. The monoisotopic (exact) mass is 449 g/mol. The highest BCUT2D eigenvalue weighted by molar-refractivity contribution is 7.89. The maximum atomic E-state index is 13.5. The van der Waals surface area contributed by atoms with Gasteiger partial charge in [0.2, 0.25) is 10.0 Å². The highest BCUT2D eigenvalue weighted by atomic mass is 32.2. The van der Waals surface area contributed by atoms with Crippen LogP contribution in [0, 0.1) is 34.6 Å². The van der Waals surface area contributed by atoms with Crippen LogP contribution in [0.4, 0.5) is 5.69 Å². The number of rotatable bonds is 2. The highest BCUT2D eigenvalue weighted by Crippen LogP contribution is 2.45. The molecule has 2 aliphatic heterocycles. The number of hydrogen-bond acceptors (Lipinski definition) is 3. The zero-order valence-corrected chi connectivity index (χ0v) is 20.3. The molecule has 1 N–H and O–H groups in total. The van der Waals surface area contributed by atoms with Crippen LogP contribution < -0.4 is 5.32 Å². The Balaban J connectivity index is 1.47. The van der Waals surface area contributed by atoms with Gasteiger partial charge in [-0.2, -0.15) is 4.31 Å². The fraction of sp³-hybridized carbons (Fsp3) is 0.385. The topological polar surface area (TPSA) is 54.3 Å². The Kier molecular flexibility index (Phi) is 4.80. The van der Waals surface area contributed by atoms with E-state index in [0.29, 0.717) is 18.0 Å². The molecule has 0 bridgehead atoms. The smallest absolute Gasteiger partial charge is 0.243 e. The van der Waals surface area contributed by atoms with Gasteiger partial charge in [-0.1, -0.05) is 12.1 Å². The predicted octanol–water partition coefficient (Wildman–Crippen LogP) is 5.12. The molecule has 1 fully saturated rings. The molecule has 3 aromatic rings. The minimum Gasteiger partial charge on any atom is -0.372 e. The molecule has 1 spiro atoms.